The molecule has 0 amide bonds. The molecule has 4 rings (SSSR count). The van der Waals surface area contributed by atoms with Gasteiger partial charge in [0.15, 0.2) is 0 Å². The molecular formula is C28H30FN5O2. The third-order valence-electron chi connectivity index (χ3n) is 6.03. The summed E-state index contributed by atoms with van der Waals surface area (Å²) in [7, 11) is 0. The second-order valence-electron chi connectivity index (χ2n) is 8.84. The molecule has 0 bridgehead atoms. The van der Waals surface area contributed by atoms with E-state index in [-0.39, 0.29) is 12.2 Å². The summed E-state index contributed by atoms with van der Waals surface area (Å²) in [6.45, 7) is 6.27. The zero-order valence-corrected chi connectivity index (χ0v) is 20.6. The van der Waals surface area contributed by atoms with Gasteiger partial charge < -0.3 is 15.7 Å². The Kier molecular flexibility index (Phi) is 7.63. The molecule has 36 heavy (non-hydrogen) atoms. The number of hydrogen-bond acceptors (Lipinski definition) is 5. The summed E-state index contributed by atoms with van der Waals surface area (Å²) in [5.74, 6) is -0.476. The summed E-state index contributed by atoms with van der Waals surface area (Å²) in [5, 5.41) is 20.8. The van der Waals surface area contributed by atoms with Gasteiger partial charge in [-0.15, -0.1) is 0 Å². The average molecular weight is 488 g/mol. The molecule has 0 saturated carbocycles. The summed E-state index contributed by atoms with van der Waals surface area (Å²) in [5.41, 5.74) is 5.89. The van der Waals surface area contributed by atoms with Crippen LogP contribution in [0.25, 0.3) is 5.69 Å². The molecule has 0 saturated heterocycles. The van der Waals surface area contributed by atoms with Gasteiger partial charge in [0, 0.05) is 24.5 Å². The molecule has 8 heteroatoms. The van der Waals surface area contributed by atoms with Crippen LogP contribution in [0.1, 0.15) is 34.9 Å². The van der Waals surface area contributed by atoms with Gasteiger partial charge in [0.05, 0.1) is 17.9 Å². The first-order chi connectivity index (χ1) is 17.3. The molecule has 0 aliphatic carbocycles. The van der Waals surface area contributed by atoms with Crippen molar-refractivity contribution in [3.63, 3.8) is 0 Å². The minimum absolute atomic E-state index is 0.285. The molecule has 0 aliphatic rings. The fourth-order valence-corrected chi connectivity index (χ4v) is 4.11. The van der Waals surface area contributed by atoms with Crippen LogP contribution in [-0.4, -0.2) is 31.9 Å². The summed E-state index contributed by atoms with van der Waals surface area (Å²) < 4.78 is 15.6. The summed E-state index contributed by atoms with van der Waals surface area (Å²) in [6.07, 6.45) is 4.55. The maximum atomic E-state index is 13.8. The molecule has 0 radical (unpaired) electrons. The molecule has 2 aromatic carbocycles. The van der Waals surface area contributed by atoms with Crippen molar-refractivity contribution in [2.75, 3.05) is 10.6 Å². The van der Waals surface area contributed by atoms with Gasteiger partial charge in [-0.3, -0.25) is 0 Å². The lowest BCUT2D eigenvalue weighted by atomic mass is 10.0. The predicted molar refractivity (Wildman–Crippen MR) is 139 cm³/mol. The molecule has 2 heterocycles. The quantitative estimate of drug-likeness (QED) is 0.281. The zero-order valence-electron chi connectivity index (χ0n) is 20.6. The van der Waals surface area contributed by atoms with Gasteiger partial charge in [0.25, 0.3) is 0 Å². The number of pyridine rings is 1. The van der Waals surface area contributed by atoms with Crippen LogP contribution in [0, 0.1) is 19.7 Å². The Hall–Kier alpha value is -4.20. The minimum Gasteiger partial charge on any atom is -0.480 e. The van der Waals surface area contributed by atoms with Crippen molar-refractivity contribution in [2.45, 2.75) is 46.2 Å². The van der Waals surface area contributed by atoms with Gasteiger partial charge in [0.2, 0.25) is 0 Å². The van der Waals surface area contributed by atoms with Crippen molar-refractivity contribution in [1.29, 1.82) is 0 Å². The van der Waals surface area contributed by atoms with Gasteiger partial charge in [-0.25, -0.2) is 18.9 Å². The standard InChI is InChI=1S/C28H30FN5O2/c1-4-21-16-22(29)14-19(3)27(21)32-25(28(35)36)15-20-5-7-24(8-6-20)34-12-10-23(33-34)17-31-26-13-18(2)9-11-30-26/h5-14,16,25,32H,4,15,17H2,1-3H3,(H,30,31)(H,35,36). The zero-order chi connectivity index (χ0) is 25.7. The lowest BCUT2D eigenvalue weighted by Crippen LogP contribution is -2.32. The lowest BCUT2D eigenvalue weighted by molar-refractivity contribution is -0.137. The number of aromatic nitrogens is 3. The van der Waals surface area contributed by atoms with Crippen molar-refractivity contribution in [1.82, 2.24) is 14.8 Å². The molecule has 7 nitrogen and oxygen atoms in total. The fraction of sp³-hybridized carbons (Fsp3) is 0.250. The van der Waals surface area contributed by atoms with Crippen LogP contribution < -0.4 is 10.6 Å². The number of carbonyl (C=O) groups is 1. The van der Waals surface area contributed by atoms with Crippen LogP contribution in [0.3, 0.4) is 0 Å². The van der Waals surface area contributed by atoms with E-state index in [0.29, 0.717) is 24.2 Å². The van der Waals surface area contributed by atoms with Crippen LogP contribution in [0.2, 0.25) is 0 Å². The number of hydrogen-bond donors (Lipinski definition) is 3. The first-order valence-corrected chi connectivity index (χ1v) is 11.9. The van der Waals surface area contributed by atoms with E-state index in [0.717, 1.165) is 33.9 Å². The Morgan fingerprint density at radius 1 is 1.11 bits per heavy atom. The highest BCUT2D eigenvalue weighted by Gasteiger charge is 2.20. The summed E-state index contributed by atoms with van der Waals surface area (Å²) in [6, 6.07) is 15.5. The third kappa shape index (κ3) is 6.07. The molecule has 4 aromatic rings. The van der Waals surface area contributed by atoms with E-state index in [4.69, 9.17) is 0 Å². The van der Waals surface area contributed by atoms with E-state index in [1.807, 2.05) is 62.5 Å². The van der Waals surface area contributed by atoms with Crippen LogP contribution >= 0.6 is 0 Å². The molecule has 1 unspecified atom stereocenters. The van der Waals surface area contributed by atoms with Crippen molar-refractivity contribution < 1.29 is 14.3 Å². The normalized spacial score (nSPS) is 11.8. The highest BCUT2D eigenvalue weighted by molar-refractivity contribution is 5.79. The van der Waals surface area contributed by atoms with Crippen molar-refractivity contribution >= 4 is 17.5 Å². The van der Waals surface area contributed by atoms with E-state index in [1.165, 1.54) is 12.1 Å². The van der Waals surface area contributed by atoms with Crippen molar-refractivity contribution in [2.24, 2.45) is 0 Å². The first-order valence-electron chi connectivity index (χ1n) is 11.9. The van der Waals surface area contributed by atoms with Gasteiger partial charge >= 0.3 is 5.97 Å². The number of carboxylic acids is 1. The van der Waals surface area contributed by atoms with Gasteiger partial charge in [-0.05, 0) is 85.0 Å². The smallest absolute Gasteiger partial charge is 0.326 e. The number of benzene rings is 2. The van der Waals surface area contributed by atoms with Gasteiger partial charge in [-0.1, -0.05) is 19.1 Å². The summed E-state index contributed by atoms with van der Waals surface area (Å²) in [4.78, 5) is 16.3. The van der Waals surface area contributed by atoms with E-state index in [9.17, 15) is 14.3 Å². The first kappa shape index (κ1) is 24.9. The molecule has 0 spiro atoms. The largest absolute Gasteiger partial charge is 0.480 e. The lowest BCUT2D eigenvalue weighted by Gasteiger charge is -2.20. The SMILES string of the molecule is CCc1cc(F)cc(C)c1NC(Cc1ccc(-n2ccc(CNc3cc(C)ccn3)n2)cc1)C(=O)O. The van der Waals surface area contributed by atoms with Crippen LogP contribution in [0.4, 0.5) is 15.9 Å². The third-order valence-corrected chi connectivity index (χ3v) is 6.03. The highest BCUT2D eigenvalue weighted by Crippen LogP contribution is 2.25. The molecule has 186 valence electrons. The number of nitrogens with one attached hydrogen (secondary N) is 2. The van der Waals surface area contributed by atoms with E-state index >= 15 is 0 Å². The summed E-state index contributed by atoms with van der Waals surface area (Å²) >= 11 is 0. The number of halogens is 1. The number of rotatable bonds is 10. The average Bonchev–Trinajstić information content (AvgIpc) is 3.33. The molecule has 0 aliphatic heterocycles. The van der Waals surface area contributed by atoms with Crippen LogP contribution in [0.5, 0.6) is 0 Å². The van der Waals surface area contributed by atoms with Crippen LogP contribution in [-0.2, 0) is 24.2 Å². The topological polar surface area (TPSA) is 92.1 Å². The minimum atomic E-state index is -0.961. The fourth-order valence-electron chi connectivity index (χ4n) is 4.11. The molecule has 2 aromatic heterocycles. The molecule has 1 atom stereocenters. The van der Waals surface area contributed by atoms with Gasteiger partial charge in [0.1, 0.15) is 17.7 Å². The predicted octanol–water partition coefficient (Wildman–Crippen LogP) is 5.31. The van der Waals surface area contributed by atoms with E-state index < -0.39 is 12.0 Å². The van der Waals surface area contributed by atoms with Crippen LogP contribution in [0.15, 0.2) is 67.0 Å². The molecule has 0 fully saturated rings. The Morgan fingerprint density at radius 3 is 2.58 bits per heavy atom. The maximum absolute atomic E-state index is 13.8. The Labute approximate surface area is 210 Å². The number of aliphatic carboxylic acids is 1. The second-order valence-corrected chi connectivity index (χ2v) is 8.84. The monoisotopic (exact) mass is 487 g/mol. The van der Waals surface area contributed by atoms with E-state index in [1.54, 1.807) is 17.8 Å². The Bertz CT molecular complexity index is 1350. The van der Waals surface area contributed by atoms with Crippen molar-refractivity contribution in [3.05, 3.63) is 101 Å². The Balaban J connectivity index is 1.42. The Morgan fingerprint density at radius 2 is 1.89 bits per heavy atom. The molecular weight excluding hydrogens is 457 g/mol. The number of anilines is 2. The second kappa shape index (κ2) is 11.0. The maximum Gasteiger partial charge on any atom is 0.326 e. The van der Waals surface area contributed by atoms with Gasteiger partial charge in [-0.2, -0.15) is 5.10 Å². The number of aryl methyl sites for hydroxylation is 3. The highest BCUT2D eigenvalue weighted by atomic mass is 19.1. The van der Waals surface area contributed by atoms with E-state index in [2.05, 4.69) is 20.7 Å². The molecule has 3 N–H and O–H groups in total. The number of nitrogens with zero attached hydrogens (tertiary/aromatic N) is 3. The number of carboxylic acid groups (broad SMARTS) is 1. The van der Waals surface area contributed by atoms with Crippen molar-refractivity contribution in [3.8, 4) is 5.69 Å².